The van der Waals surface area contributed by atoms with E-state index in [0.29, 0.717) is 11.4 Å². The van der Waals surface area contributed by atoms with Gasteiger partial charge >= 0.3 is 0 Å². The Balaban J connectivity index is 3.25. The molecule has 1 radical (unpaired) electrons. The van der Waals surface area contributed by atoms with Gasteiger partial charge in [-0.2, -0.15) is 4.73 Å². The maximum absolute atomic E-state index is 10.9. The molecule has 0 atom stereocenters. The van der Waals surface area contributed by atoms with Gasteiger partial charge in [0.05, 0.1) is 6.07 Å². The predicted molar refractivity (Wildman–Crippen MR) is 33.7 cm³/mol. The van der Waals surface area contributed by atoms with E-state index in [-0.39, 0.29) is 0 Å². The molecule has 0 aliphatic rings. The highest BCUT2D eigenvalue weighted by Crippen LogP contribution is 1.90. The van der Waals surface area contributed by atoms with E-state index in [0.717, 1.165) is 4.73 Å². The molecule has 1 aromatic rings. The van der Waals surface area contributed by atoms with Crippen LogP contribution in [-0.2, 0) is 0 Å². The summed E-state index contributed by atoms with van der Waals surface area (Å²) in [6.45, 7) is 3.51. The van der Waals surface area contributed by atoms with Crippen molar-refractivity contribution in [1.29, 1.82) is 0 Å². The predicted octanol–water partition coefficient (Wildman–Crippen LogP) is 0.737. The lowest BCUT2D eigenvalue weighted by molar-refractivity contribution is -0.619. The molecule has 2 heteroatoms. The standard InChI is InChI=1S/C7H8NO/c1-6-4-3-5-7(2)8(6)9/h3-4H,1-2H3. The first-order valence-electron chi connectivity index (χ1n) is 2.79. The van der Waals surface area contributed by atoms with Crippen molar-refractivity contribution in [3.05, 3.63) is 34.8 Å². The first-order valence-corrected chi connectivity index (χ1v) is 2.79. The molecule has 0 unspecified atom stereocenters. The van der Waals surface area contributed by atoms with Gasteiger partial charge in [-0.25, -0.2) is 0 Å². The van der Waals surface area contributed by atoms with Gasteiger partial charge in [-0.1, -0.05) is 0 Å². The molecule has 0 saturated heterocycles. The summed E-state index contributed by atoms with van der Waals surface area (Å²) >= 11 is 0. The van der Waals surface area contributed by atoms with Crippen LogP contribution in [-0.4, -0.2) is 0 Å². The van der Waals surface area contributed by atoms with E-state index in [1.165, 1.54) is 0 Å². The topological polar surface area (TPSA) is 26.9 Å². The van der Waals surface area contributed by atoms with Gasteiger partial charge in [0.2, 0.25) is 0 Å². The van der Waals surface area contributed by atoms with Crippen molar-refractivity contribution in [2.75, 3.05) is 0 Å². The van der Waals surface area contributed by atoms with Crippen LogP contribution in [0.5, 0.6) is 0 Å². The van der Waals surface area contributed by atoms with Gasteiger partial charge in [0.15, 0.2) is 11.4 Å². The molecule has 0 N–H and O–H groups in total. The third kappa shape index (κ3) is 1.02. The van der Waals surface area contributed by atoms with Crippen LogP contribution in [0, 0.1) is 25.1 Å². The van der Waals surface area contributed by atoms with Crippen molar-refractivity contribution in [3.8, 4) is 0 Å². The van der Waals surface area contributed by atoms with Crippen molar-refractivity contribution in [2.24, 2.45) is 0 Å². The minimum atomic E-state index is 0.620. The largest absolute Gasteiger partial charge is 0.618 e. The Morgan fingerprint density at radius 1 is 1.56 bits per heavy atom. The Morgan fingerprint density at radius 3 is 2.67 bits per heavy atom. The van der Waals surface area contributed by atoms with Gasteiger partial charge in [0, 0.05) is 19.9 Å². The maximum Gasteiger partial charge on any atom is 0.197 e. The molecule has 2 nitrogen and oxygen atoms in total. The number of aryl methyl sites for hydroxylation is 2. The van der Waals surface area contributed by atoms with Crippen LogP contribution in [0.2, 0.25) is 0 Å². The zero-order valence-electron chi connectivity index (χ0n) is 5.51. The molecule has 47 valence electrons. The summed E-state index contributed by atoms with van der Waals surface area (Å²) in [4.78, 5) is 0. The van der Waals surface area contributed by atoms with Crippen molar-refractivity contribution >= 4 is 0 Å². The van der Waals surface area contributed by atoms with Gasteiger partial charge in [-0.15, -0.1) is 0 Å². The highest BCUT2D eigenvalue weighted by atomic mass is 16.5. The van der Waals surface area contributed by atoms with Crippen LogP contribution in [0.1, 0.15) is 11.4 Å². The third-order valence-corrected chi connectivity index (χ3v) is 1.24. The molecular weight excluding hydrogens is 114 g/mol. The smallest absolute Gasteiger partial charge is 0.197 e. The summed E-state index contributed by atoms with van der Waals surface area (Å²) in [6, 6.07) is 6.28. The minimum Gasteiger partial charge on any atom is -0.618 e. The molecule has 1 rings (SSSR count). The highest BCUT2D eigenvalue weighted by Gasteiger charge is 1.98. The first kappa shape index (κ1) is 6.08. The molecule has 0 aliphatic heterocycles. The fourth-order valence-electron chi connectivity index (χ4n) is 0.674. The highest BCUT2D eigenvalue weighted by molar-refractivity contribution is 4.99. The molecule has 0 bridgehead atoms. The van der Waals surface area contributed by atoms with E-state index in [1.54, 1.807) is 26.0 Å². The average molecular weight is 122 g/mol. The quantitative estimate of drug-likeness (QED) is 0.368. The SMILES string of the molecule is Cc1[c]ccc(C)[n+]1[O-]. The molecule has 0 fully saturated rings. The third-order valence-electron chi connectivity index (χ3n) is 1.24. The molecular formula is C7H8NO. The van der Waals surface area contributed by atoms with Gasteiger partial charge in [0.25, 0.3) is 0 Å². The lowest BCUT2D eigenvalue weighted by Crippen LogP contribution is -2.33. The Morgan fingerprint density at radius 2 is 2.22 bits per heavy atom. The average Bonchev–Trinajstić information content (AvgIpc) is 1.83. The molecule has 1 aromatic heterocycles. The monoisotopic (exact) mass is 122 g/mol. The van der Waals surface area contributed by atoms with E-state index in [2.05, 4.69) is 6.07 Å². The summed E-state index contributed by atoms with van der Waals surface area (Å²) in [7, 11) is 0. The zero-order valence-corrected chi connectivity index (χ0v) is 5.51. The van der Waals surface area contributed by atoms with Crippen molar-refractivity contribution in [3.63, 3.8) is 0 Å². The maximum atomic E-state index is 10.9. The molecule has 1 heterocycles. The Bertz CT molecular complexity index is 200. The van der Waals surface area contributed by atoms with Crippen molar-refractivity contribution in [2.45, 2.75) is 13.8 Å². The fourth-order valence-corrected chi connectivity index (χ4v) is 0.674. The normalized spacial score (nSPS) is 9.56. The summed E-state index contributed by atoms with van der Waals surface area (Å²) in [5.41, 5.74) is 1.33. The Labute approximate surface area is 54.3 Å². The number of rotatable bonds is 0. The van der Waals surface area contributed by atoms with Crippen LogP contribution < -0.4 is 4.73 Å². The van der Waals surface area contributed by atoms with Crippen LogP contribution in [0.25, 0.3) is 0 Å². The number of hydrogen-bond donors (Lipinski definition) is 0. The summed E-state index contributed by atoms with van der Waals surface area (Å²) in [6.07, 6.45) is 0. The van der Waals surface area contributed by atoms with Gasteiger partial charge < -0.3 is 5.21 Å². The Hall–Kier alpha value is -1.05. The van der Waals surface area contributed by atoms with Gasteiger partial charge in [0.1, 0.15) is 0 Å². The first-order chi connectivity index (χ1) is 4.22. The van der Waals surface area contributed by atoms with E-state index in [9.17, 15) is 5.21 Å². The van der Waals surface area contributed by atoms with Gasteiger partial charge in [-0.3, -0.25) is 0 Å². The number of pyridine rings is 1. The second-order valence-corrected chi connectivity index (χ2v) is 2.00. The van der Waals surface area contributed by atoms with E-state index in [4.69, 9.17) is 0 Å². The summed E-state index contributed by atoms with van der Waals surface area (Å²) < 4.78 is 0.861. The molecule has 0 spiro atoms. The molecule has 0 amide bonds. The van der Waals surface area contributed by atoms with Gasteiger partial charge in [-0.05, 0) is 6.07 Å². The minimum absolute atomic E-state index is 0.620. The van der Waals surface area contributed by atoms with Crippen molar-refractivity contribution < 1.29 is 4.73 Å². The molecule has 9 heavy (non-hydrogen) atoms. The van der Waals surface area contributed by atoms with Crippen LogP contribution in [0.4, 0.5) is 0 Å². The summed E-state index contributed by atoms with van der Waals surface area (Å²) in [5.74, 6) is 0. The van der Waals surface area contributed by atoms with E-state index < -0.39 is 0 Å². The second-order valence-electron chi connectivity index (χ2n) is 2.00. The van der Waals surface area contributed by atoms with Crippen LogP contribution in [0.15, 0.2) is 12.1 Å². The zero-order chi connectivity index (χ0) is 6.85. The fraction of sp³-hybridized carbons (Fsp3) is 0.286. The number of aromatic nitrogens is 1. The lowest BCUT2D eigenvalue weighted by atomic mass is 10.3. The second kappa shape index (κ2) is 2.05. The van der Waals surface area contributed by atoms with E-state index in [1.807, 2.05) is 0 Å². The molecule has 0 aromatic carbocycles. The number of nitrogens with zero attached hydrogens (tertiary/aromatic N) is 1. The molecule has 0 aliphatic carbocycles. The van der Waals surface area contributed by atoms with Crippen molar-refractivity contribution in [1.82, 2.24) is 0 Å². The van der Waals surface area contributed by atoms with E-state index >= 15 is 0 Å². The lowest BCUT2D eigenvalue weighted by Gasteiger charge is -2.00. The molecule has 0 saturated carbocycles. The van der Waals surface area contributed by atoms with Crippen LogP contribution >= 0.6 is 0 Å². The summed E-state index contributed by atoms with van der Waals surface area (Å²) in [5, 5.41) is 10.9. The Kier molecular flexibility index (Phi) is 1.39. The van der Waals surface area contributed by atoms with Crippen LogP contribution in [0.3, 0.4) is 0 Å². The number of hydrogen-bond acceptors (Lipinski definition) is 1.